The Labute approximate surface area is 183 Å². The summed E-state index contributed by atoms with van der Waals surface area (Å²) in [5.74, 6) is 1.65. The largest absolute Gasteiger partial charge is 0.494 e. The molecule has 5 heteroatoms. The lowest BCUT2D eigenvalue weighted by Gasteiger charge is -2.37. The Morgan fingerprint density at radius 2 is 1.45 bits per heavy atom. The van der Waals surface area contributed by atoms with Crippen LogP contribution in [0.15, 0.2) is 77.8 Å². The minimum atomic E-state index is -0.206. The van der Waals surface area contributed by atoms with Crippen LogP contribution in [-0.2, 0) is 4.84 Å². The van der Waals surface area contributed by atoms with E-state index in [4.69, 9.17) is 19.3 Å². The number of fused-ring (bicyclic) bond motifs is 1. The molecular weight excluding hydrogens is 388 g/mol. The Hall–Kier alpha value is -3.31. The number of rotatable bonds is 8. The zero-order valence-electron chi connectivity index (χ0n) is 18.2. The first-order valence-electron chi connectivity index (χ1n) is 10.8. The molecule has 0 N–H and O–H groups in total. The van der Waals surface area contributed by atoms with Crippen LogP contribution in [0.25, 0.3) is 0 Å². The quantitative estimate of drug-likeness (QED) is 0.444. The maximum atomic E-state index is 6.20. The second kappa shape index (κ2) is 9.67. The van der Waals surface area contributed by atoms with Crippen LogP contribution in [0.4, 0.5) is 11.4 Å². The number of hydroxylamine groups is 1. The molecule has 0 saturated heterocycles. The van der Waals surface area contributed by atoms with Gasteiger partial charge in [-0.1, -0.05) is 42.5 Å². The minimum absolute atomic E-state index is 0.206. The number of ether oxygens (including phenoxy) is 2. The summed E-state index contributed by atoms with van der Waals surface area (Å²) in [6, 6.07) is 24.2. The summed E-state index contributed by atoms with van der Waals surface area (Å²) in [5.41, 5.74) is 4.83. The lowest BCUT2D eigenvalue weighted by molar-refractivity contribution is 0.109. The first kappa shape index (κ1) is 20.9. The number of benzene rings is 3. The van der Waals surface area contributed by atoms with Crippen molar-refractivity contribution in [3.8, 4) is 11.5 Å². The van der Waals surface area contributed by atoms with Gasteiger partial charge in [0.25, 0.3) is 0 Å². The fourth-order valence-electron chi connectivity index (χ4n) is 3.79. The van der Waals surface area contributed by atoms with Crippen LogP contribution < -0.4 is 14.5 Å². The van der Waals surface area contributed by atoms with Crippen molar-refractivity contribution < 1.29 is 14.3 Å². The molecule has 0 aromatic heterocycles. The fraction of sp³-hybridized carbons (Fsp3) is 0.269. The molecule has 0 fully saturated rings. The van der Waals surface area contributed by atoms with Gasteiger partial charge in [-0.25, -0.2) is 10.1 Å². The number of hydrogen-bond donors (Lipinski definition) is 0. The van der Waals surface area contributed by atoms with E-state index < -0.39 is 0 Å². The van der Waals surface area contributed by atoms with Crippen LogP contribution in [0, 0.1) is 0 Å². The number of hydrogen-bond acceptors (Lipinski definition) is 5. The fourth-order valence-corrected chi connectivity index (χ4v) is 3.79. The zero-order chi connectivity index (χ0) is 21.6. The Kier molecular flexibility index (Phi) is 6.53. The molecule has 4 rings (SSSR count). The molecule has 1 aliphatic heterocycles. The number of anilines is 1. The van der Waals surface area contributed by atoms with Gasteiger partial charge in [0, 0.05) is 6.07 Å². The summed E-state index contributed by atoms with van der Waals surface area (Å²) in [6.07, 6.45) is 0. The predicted octanol–water partition coefficient (Wildman–Crippen LogP) is 6.12. The third-order valence-corrected chi connectivity index (χ3v) is 5.07. The van der Waals surface area contributed by atoms with Gasteiger partial charge >= 0.3 is 0 Å². The normalized spacial score (nSPS) is 15.3. The van der Waals surface area contributed by atoms with E-state index >= 15 is 0 Å². The van der Waals surface area contributed by atoms with Crippen LogP contribution in [-0.4, -0.2) is 25.5 Å². The summed E-state index contributed by atoms with van der Waals surface area (Å²) in [6.45, 7) is 7.74. The second-order valence-corrected chi connectivity index (χ2v) is 7.09. The SMILES string of the molecule is CCOc1ccc(C2C(c3ccccc3)=Nc3ccc(OCC)cc3N2OCC)cc1. The van der Waals surface area contributed by atoms with Crippen molar-refractivity contribution in [2.45, 2.75) is 26.8 Å². The highest BCUT2D eigenvalue weighted by Crippen LogP contribution is 2.44. The van der Waals surface area contributed by atoms with Crippen LogP contribution in [0.5, 0.6) is 11.5 Å². The van der Waals surface area contributed by atoms with E-state index in [0.29, 0.717) is 19.8 Å². The van der Waals surface area contributed by atoms with Crippen molar-refractivity contribution in [1.82, 2.24) is 0 Å². The van der Waals surface area contributed by atoms with Gasteiger partial charge in [0.05, 0.1) is 36.9 Å². The maximum Gasteiger partial charge on any atom is 0.124 e. The summed E-state index contributed by atoms with van der Waals surface area (Å²) in [5, 5.41) is 1.96. The van der Waals surface area contributed by atoms with Crippen molar-refractivity contribution in [3.05, 3.63) is 83.9 Å². The van der Waals surface area contributed by atoms with Crippen molar-refractivity contribution >= 4 is 17.1 Å². The average Bonchev–Trinajstić information content (AvgIpc) is 2.81. The molecular formula is C26H28N2O3. The van der Waals surface area contributed by atoms with Crippen LogP contribution in [0.1, 0.15) is 37.9 Å². The molecule has 31 heavy (non-hydrogen) atoms. The molecule has 1 heterocycles. The van der Waals surface area contributed by atoms with E-state index in [9.17, 15) is 0 Å². The highest BCUT2D eigenvalue weighted by Gasteiger charge is 2.34. The molecule has 0 saturated carbocycles. The standard InChI is InChI=1S/C26H28N2O3/c1-4-29-21-14-12-20(13-15-21)26-25(19-10-8-7-9-11-19)27-23-17-16-22(30-5-2)18-24(23)28(26)31-6-3/h7-18,26H,4-6H2,1-3H3. The van der Waals surface area contributed by atoms with E-state index in [1.807, 2.05) is 74.4 Å². The molecule has 3 aromatic rings. The van der Waals surface area contributed by atoms with E-state index in [0.717, 1.165) is 39.7 Å². The van der Waals surface area contributed by atoms with Gasteiger partial charge in [0.15, 0.2) is 0 Å². The van der Waals surface area contributed by atoms with Gasteiger partial charge in [0.1, 0.15) is 17.5 Å². The van der Waals surface area contributed by atoms with Gasteiger partial charge in [-0.2, -0.15) is 0 Å². The topological polar surface area (TPSA) is 43.3 Å². The van der Waals surface area contributed by atoms with Gasteiger partial charge in [-0.3, -0.25) is 4.84 Å². The number of aliphatic imine (C=N–C) groups is 1. The molecule has 3 aromatic carbocycles. The molecule has 0 spiro atoms. The Morgan fingerprint density at radius 1 is 0.774 bits per heavy atom. The third kappa shape index (κ3) is 4.42. The Balaban J connectivity index is 1.86. The number of nitrogens with zero attached hydrogens (tertiary/aromatic N) is 2. The molecule has 1 aliphatic rings. The summed E-state index contributed by atoms with van der Waals surface area (Å²) < 4.78 is 11.4. The van der Waals surface area contributed by atoms with Crippen molar-refractivity contribution in [2.24, 2.45) is 4.99 Å². The van der Waals surface area contributed by atoms with Crippen molar-refractivity contribution in [2.75, 3.05) is 24.9 Å². The first-order valence-corrected chi connectivity index (χ1v) is 10.8. The molecule has 0 amide bonds. The van der Waals surface area contributed by atoms with E-state index in [1.165, 1.54) is 0 Å². The lowest BCUT2D eigenvalue weighted by atomic mass is 9.93. The summed E-state index contributed by atoms with van der Waals surface area (Å²) in [4.78, 5) is 11.3. The molecule has 5 nitrogen and oxygen atoms in total. The van der Waals surface area contributed by atoms with Gasteiger partial charge in [0.2, 0.25) is 0 Å². The first-order chi connectivity index (χ1) is 15.2. The minimum Gasteiger partial charge on any atom is -0.494 e. The van der Waals surface area contributed by atoms with Crippen molar-refractivity contribution in [3.63, 3.8) is 0 Å². The van der Waals surface area contributed by atoms with E-state index in [-0.39, 0.29) is 6.04 Å². The maximum absolute atomic E-state index is 6.20. The third-order valence-electron chi connectivity index (χ3n) is 5.07. The van der Waals surface area contributed by atoms with E-state index in [2.05, 4.69) is 24.3 Å². The smallest absolute Gasteiger partial charge is 0.124 e. The average molecular weight is 417 g/mol. The highest BCUT2D eigenvalue weighted by molar-refractivity contribution is 6.10. The van der Waals surface area contributed by atoms with Gasteiger partial charge in [-0.05, 0) is 56.2 Å². The summed E-state index contributed by atoms with van der Waals surface area (Å²) in [7, 11) is 0. The van der Waals surface area contributed by atoms with Crippen LogP contribution >= 0.6 is 0 Å². The lowest BCUT2D eigenvalue weighted by Crippen LogP contribution is -2.37. The molecule has 0 radical (unpaired) electrons. The van der Waals surface area contributed by atoms with Crippen molar-refractivity contribution in [1.29, 1.82) is 0 Å². The van der Waals surface area contributed by atoms with Gasteiger partial charge < -0.3 is 9.47 Å². The summed E-state index contributed by atoms with van der Waals surface area (Å²) >= 11 is 0. The zero-order valence-corrected chi connectivity index (χ0v) is 18.2. The van der Waals surface area contributed by atoms with Gasteiger partial charge in [-0.15, -0.1) is 0 Å². The molecule has 0 aliphatic carbocycles. The predicted molar refractivity (Wildman–Crippen MR) is 125 cm³/mol. The molecule has 1 atom stereocenters. The molecule has 0 bridgehead atoms. The Bertz CT molecular complexity index is 1030. The van der Waals surface area contributed by atoms with Crippen LogP contribution in [0.2, 0.25) is 0 Å². The van der Waals surface area contributed by atoms with E-state index in [1.54, 1.807) is 0 Å². The highest BCUT2D eigenvalue weighted by atomic mass is 16.7. The second-order valence-electron chi connectivity index (χ2n) is 7.09. The van der Waals surface area contributed by atoms with Crippen LogP contribution in [0.3, 0.4) is 0 Å². The molecule has 160 valence electrons. The monoisotopic (exact) mass is 416 g/mol. The molecule has 1 unspecified atom stereocenters. The Morgan fingerprint density at radius 3 is 2.13 bits per heavy atom.